The molecule has 0 amide bonds. The Morgan fingerprint density at radius 2 is 2.44 bits per heavy atom. The second kappa shape index (κ2) is 2.35. The number of aldehydes is 1. The van der Waals surface area contributed by atoms with Crippen molar-refractivity contribution in [2.24, 2.45) is 0 Å². The van der Waals surface area contributed by atoms with Gasteiger partial charge in [0.25, 0.3) is 0 Å². The average Bonchev–Trinajstić information content (AvgIpc) is 1.89. The molecule has 9 heavy (non-hydrogen) atoms. The maximum atomic E-state index is 10.1. The van der Waals surface area contributed by atoms with Gasteiger partial charge < -0.3 is 0 Å². The molecule has 0 saturated carbocycles. The summed E-state index contributed by atoms with van der Waals surface area (Å²) in [6.45, 7) is 1.77. The number of carbonyl (C=O) groups excluding carboxylic acids is 1. The molecule has 0 fully saturated rings. The topological polar surface area (TPSA) is 42.9 Å². The van der Waals surface area contributed by atoms with Crippen LogP contribution in [0.3, 0.4) is 0 Å². The smallest absolute Gasteiger partial charge is 0.153 e. The number of carbonyl (C=O) groups is 1. The lowest BCUT2D eigenvalue weighted by Gasteiger charge is -1.90. The molecule has 0 unspecified atom stereocenters. The third-order valence-electron chi connectivity index (χ3n) is 1.08. The first-order valence-electron chi connectivity index (χ1n) is 2.56. The number of nitrogens with zero attached hydrogens (tertiary/aromatic N) is 2. The summed E-state index contributed by atoms with van der Waals surface area (Å²) in [5.74, 6) is 0. The third-order valence-corrected chi connectivity index (χ3v) is 1.08. The Bertz CT molecular complexity index is 222. The first-order valence-corrected chi connectivity index (χ1v) is 2.56. The first kappa shape index (κ1) is 5.88. The molecule has 3 heteroatoms. The van der Waals surface area contributed by atoms with Crippen LogP contribution in [0, 0.1) is 6.92 Å². The van der Waals surface area contributed by atoms with Crippen LogP contribution in [0.4, 0.5) is 0 Å². The van der Waals surface area contributed by atoms with E-state index in [4.69, 9.17) is 0 Å². The minimum absolute atomic E-state index is 0.553. The fourth-order valence-electron chi connectivity index (χ4n) is 0.517. The molecule has 3 nitrogen and oxygen atoms in total. The minimum Gasteiger partial charge on any atom is -0.298 e. The minimum atomic E-state index is 0.553. The van der Waals surface area contributed by atoms with Gasteiger partial charge in [-0.05, 0) is 6.92 Å². The molecule has 0 N–H and O–H groups in total. The molecule has 0 aliphatic rings. The van der Waals surface area contributed by atoms with Gasteiger partial charge in [-0.15, -0.1) is 0 Å². The van der Waals surface area contributed by atoms with E-state index in [0.717, 1.165) is 12.0 Å². The van der Waals surface area contributed by atoms with Crippen LogP contribution >= 0.6 is 0 Å². The quantitative estimate of drug-likeness (QED) is 0.512. The summed E-state index contributed by atoms with van der Waals surface area (Å²) in [5.41, 5.74) is 1.28. The van der Waals surface area contributed by atoms with E-state index in [2.05, 4.69) is 9.97 Å². The van der Waals surface area contributed by atoms with E-state index < -0.39 is 0 Å². The summed E-state index contributed by atoms with van der Waals surface area (Å²) in [6, 6.07) is 0. The van der Waals surface area contributed by atoms with E-state index in [1.54, 1.807) is 6.92 Å². The molecule has 1 rings (SSSR count). The zero-order valence-electron chi connectivity index (χ0n) is 5.03. The third kappa shape index (κ3) is 1.10. The fraction of sp³-hybridized carbons (Fsp3) is 0.167. The van der Waals surface area contributed by atoms with Gasteiger partial charge >= 0.3 is 0 Å². The predicted molar refractivity (Wildman–Crippen MR) is 32.2 cm³/mol. The van der Waals surface area contributed by atoms with Gasteiger partial charge in [0, 0.05) is 6.20 Å². The van der Waals surface area contributed by atoms with Crippen molar-refractivity contribution >= 4 is 6.29 Å². The molecule has 0 atom stereocenters. The van der Waals surface area contributed by atoms with Crippen molar-refractivity contribution in [2.45, 2.75) is 6.92 Å². The van der Waals surface area contributed by atoms with E-state index in [1.807, 2.05) is 0 Å². The predicted octanol–water partition coefficient (Wildman–Crippen LogP) is 0.598. The molecule has 0 radical (unpaired) electrons. The molecule has 46 valence electrons. The molecule has 1 aromatic rings. The van der Waals surface area contributed by atoms with E-state index in [1.165, 1.54) is 12.5 Å². The summed E-state index contributed by atoms with van der Waals surface area (Å²) in [5, 5.41) is 0. The van der Waals surface area contributed by atoms with Gasteiger partial charge in [0.2, 0.25) is 0 Å². The van der Waals surface area contributed by atoms with Gasteiger partial charge in [-0.1, -0.05) is 0 Å². The van der Waals surface area contributed by atoms with Crippen molar-refractivity contribution in [3.05, 3.63) is 23.8 Å². The largest absolute Gasteiger partial charge is 0.298 e. The Balaban J connectivity index is 3.15. The van der Waals surface area contributed by atoms with Crippen molar-refractivity contribution in [3.8, 4) is 0 Å². The highest BCUT2D eigenvalue weighted by molar-refractivity contribution is 5.75. The Hall–Kier alpha value is -1.25. The molecule has 1 heterocycles. The molecule has 0 aliphatic heterocycles. The molecule has 0 spiro atoms. The first-order chi connectivity index (χ1) is 4.34. The molecule has 0 aromatic carbocycles. The van der Waals surface area contributed by atoms with Gasteiger partial charge in [0.1, 0.15) is 6.33 Å². The van der Waals surface area contributed by atoms with Crippen molar-refractivity contribution in [3.63, 3.8) is 0 Å². The fourth-order valence-corrected chi connectivity index (χ4v) is 0.517. The maximum Gasteiger partial charge on any atom is 0.153 e. The lowest BCUT2D eigenvalue weighted by Crippen LogP contribution is -1.90. The molecular weight excluding hydrogens is 116 g/mol. The maximum absolute atomic E-state index is 10.1. The highest BCUT2D eigenvalue weighted by atomic mass is 16.1. The molecular formula is C6H6N2O. The summed E-state index contributed by atoms with van der Waals surface area (Å²) >= 11 is 0. The van der Waals surface area contributed by atoms with Gasteiger partial charge in [0.15, 0.2) is 6.29 Å². The number of hydrogen-bond acceptors (Lipinski definition) is 3. The number of hydrogen-bond donors (Lipinski definition) is 0. The van der Waals surface area contributed by atoms with Crippen LogP contribution < -0.4 is 0 Å². The monoisotopic (exact) mass is 122 g/mol. The lowest BCUT2D eigenvalue weighted by atomic mass is 10.3. The van der Waals surface area contributed by atoms with Crippen molar-refractivity contribution in [2.75, 3.05) is 0 Å². The zero-order chi connectivity index (χ0) is 6.69. The van der Waals surface area contributed by atoms with Crippen LogP contribution in [0.2, 0.25) is 0 Å². The number of aryl methyl sites for hydroxylation is 1. The van der Waals surface area contributed by atoms with Crippen LogP contribution in [-0.4, -0.2) is 16.3 Å². The molecule has 1 aromatic heterocycles. The second-order valence-corrected chi connectivity index (χ2v) is 1.68. The van der Waals surface area contributed by atoms with Gasteiger partial charge in [-0.25, -0.2) is 9.97 Å². The van der Waals surface area contributed by atoms with Crippen LogP contribution in [0.15, 0.2) is 12.5 Å². The zero-order valence-corrected chi connectivity index (χ0v) is 5.03. The Kier molecular flexibility index (Phi) is 1.53. The average molecular weight is 122 g/mol. The Morgan fingerprint density at radius 3 is 2.89 bits per heavy atom. The molecule has 0 bridgehead atoms. The number of aromatic nitrogens is 2. The van der Waals surface area contributed by atoms with E-state index in [-0.39, 0.29) is 0 Å². The van der Waals surface area contributed by atoms with Gasteiger partial charge in [0.05, 0.1) is 11.3 Å². The van der Waals surface area contributed by atoms with Crippen LogP contribution in [-0.2, 0) is 0 Å². The van der Waals surface area contributed by atoms with Gasteiger partial charge in [-0.3, -0.25) is 4.79 Å². The van der Waals surface area contributed by atoms with Crippen molar-refractivity contribution in [1.82, 2.24) is 9.97 Å². The normalized spacial score (nSPS) is 9.00. The standard InChI is InChI=1S/C6H6N2O/c1-5-6(3-9)2-7-4-8-5/h2-4H,1H3. The lowest BCUT2D eigenvalue weighted by molar-refractivity contribution is 0.112. The van der Waals surface area contributed by atoms with E-state index >= 15 is 0 Å². The van der Waals surface area contributed by atoms with Crippen LogP contribution in [0.5, 0.6) is 0 Å². The summed E-state index contributed by atoms with van der Waals surface area (Å²) < 4.78 is 0. The number of rotatable bonds is 1. The van der Waals surface area contributed by atoms with Crippen LogP contribution in [0.25, 0.3) is 0 Å². The van der Waals surface area contributed by atoms with Gasteiger partial charge in [-0.2, -0.15) is 0 Å². The highest BCUT2D eigenvalue weighted by Crippen LogP contribution is 1.95. The molecule has 0 aliphatic carbocycles. The highest BCUT2D eigenvalue weighted by Gasteiger charge is 1.92. The summed E-state index contributed by atoms with van der Waals surface area (Å²) in [4.78, 5) is 17.6. The van der Waals surface area contributed by atoms with Crippen LogP contribution in [0.1, 0.15) is 16.1 Å². The molecule has 0 saturated heterocycles. The van der Waals surface area contributed by atoms with Crippen molar-refractivity contribution < 1.29 is 4.79 Å². The summed E-state index contributed by atoms with van der Waals surface area (Å²) in [6.07, 6.45) is 3.66. The van der Waals surface area contributed by atoms with Crippen molar-refractivity contribution in [1.29, 1.82) is 0 Å². The second-order valence-electron chi connectivity index (χ2n) is 1.68. The SMILES string of the molecule is Cc1ncncc1C=O. The van der Waals surface area contributed by atoms with E-state index in [9.17, 15) is 4.79 Å². The van der Waals surface area contributed by atoms with E-state index in [0.29, 0.717) is 5.56 Å². The Morgan fingerprint density at radius 1 is 1.67 bits per heavy atom. The summed E-state index contributed by atoms with van der Waals surface area (Å²) in [7, 11) is 0. The Labute approximate surface area is 52.8 Å².